The summed E-state index contributed by atoms with van der Waals surface area (Å²) < 4.78 is 0. The predicted molar refractivity (Wildman–Crippen MR) is 92.9 cm³/mol. The minimum Gasteiger partial charge on any atom is -0.507 e. The van der Waals surface area contributed by atoms with Gasteiger partial charge < -0.3 is 5.11 Å². The summed E-state index contributed by atoms with van der Waals surface area (Å²) in [7, 11) is 0. The molecule has 4 nitrogen and oxygen atoms in total. The lowest BCUT2D eigenvalue weighted by Gasteiger charge is -2.27. The third-order valence-corrected chi connectivity index (χ3v) is 3.73. The summed E-state index contributed by atoms with van der Waals surface area (Å²) >= 11 is 0. The van der Waals surface area contributed by atoms with E-state index in [9.17, 15) is 5.11 Å². The zero-order chi connectivity index (χ0) is 17.1. The molecule has 0 bridgehead atoms. The Morgan fingerprint density at radius 3 is 1.64 bits per heavy atom. The molecule has 0 amide bonds. The van der Waals surface area contributed by atoms with Crippen molar-refractivity contribution < 1.29 is 5.11 Å². The van der Waals surface area contributed by atoms with Gasteiger partial charge in [0.05, 0.1) is 5.69 Å². The summed E-state index contributed by atoms with van der Waals surface area (Å²) in [6.45, 7) is 18.4. The molecular weight excluding hydrogens is 274 g/mol. The molecule has 0 saturated carbocycles. The third-order valence-electron chi connectivity index (χ3n) is 3.73. The largest absolute Gasteiger partial charge is 0.507 e. The van der Waals surface area contributed by atoms with Gasteiger partial charge in [-0.15, -0.1) is 5.11 Å². The normalized spacial score (nSPS) is 12.9. The Hall–Kier alpha value is -1.58. The van der Waals surface area contributed by atoms with Crippen LogP contribution in [0.15, 0.2) is 22.5 Å². The molecule has 0 spiro atoms. The van der Waals surface area contributed by atoms with Crippen molar-refractivity contribution in [2.24, 2.45) is 10.3 Å². The smallest absolute Gasteiger partial charge is 0.123 e. The summed E-state index contributed by atoms with van der Waals surface area (Å²) in [5.74, 6) is 0.377. The quantitative estimate of drug-likeness (QED) is 0.604. The molecule has 0 aromatic heterocycles. The lowest BCUT2D eigenvalue weighted by molar-refractivity contribution is 0.300. The van der Waals surface area contributed by atoms with Gasteiger partial charge in [0.1, 0.15) is 5.75 Å². The number of aromatic hydroxyl groups is 1. The number of benzene rings is 1. The molecule has 0 aliphatic rings. The van der Waals surface area contributed by atoms with Crippen molar-refractivity contribution >= 4 is 5.69 Å². The fourth-order valence-corrected chi connectivity index (χ4v) is 2.29. The van der Waals surface area contributed by atoms with Crippen LogP contribution in [0.25, 0.3) is 0 Å². The van der Waals surface area contributed by atoms with E-state index in [4.69, 9.17) is 0 Å². The third kappa shape index (κ3) is 4.46. The number of rotatable bonds is 4. The fraction of sp³-hybridized carbons (Fsp3) is 0.667. The average Bonchev–Trinajstić information content (AvgIpc) is 2.38. The predicted octanol–water partition coefficient (Wildman–Crippen LogP) is 5.33. The van der Waals surface area contributed by atoms with E-state index in [-0.39, 0.29) is 10.8 Å². The van der Waals surface area contributed by atoms with Crippen LogP contribution in [0.4, 0.5) is 5.69 Å². The molecule has 124 valence electrons. The minimum absolute atomic E-state index is 0.148. The standard InChI is InChI=1S/C18H31N3O/c1-9-21(10-2)20-19-13-11-14(17(3,4)5)16(22)15(12-13)18(6,7)8/h11-12,22H,9-10H2,1-8H3. The summed E-state index contributed by atoms with van der Waals surface area (Å²) in [4.78, 5) is 0. The van der Waals surface area contributed by atoms with Gasteiger partial charge in [0, 0.05) is 24.2 Å². The molecule has 1 aromatic carbocycles. The van der Waals surface area contributed by atoms with Gasteiger partial charge in [0.15, 0.2) is 0 Å². The maximum absolute atomic E-state index is 10.7. The van der Waals surface area contributed by atoms with Gasteiger partial charge in [-0.1, -0.05) is 46.8 Å². The van der Waals surface area contributed by atoms with E-state index >= 15 is 0 Å². The summed E-state index contributed by atoms with van der Waals surface area (Å²) in [5, 5.41) is 21.2. The second-order valence-corrected chi connectivity index (χ2v) is 7.72. The molecule has 0 radical (unpaired) electrons. The van der Waals surface area contributed by atoms with Crippen LogP contribution in [0.2, 0.25) is 0 Å². The fourth-order valence-electron chi connectivity index (χ4n) is 2.29. The lowest BCUT2D eigenvalue weighted by Crippen LogP contribution is -2.17. The van der Waals surface area contributed by atoms with E-state index in [1.54, 1.807) is 0 Å². The summed E-state index contributed by atoms with van der Waals surface area (Å²) in [5.41, 5.74) is 2.32. The second kappa shape index (κ2) is 6.67. The van der Waals surface area contributed by atoms with Gasteiger partial charge in [-0.05, 0) is 36.8 Å². The van der Waals surface area contributed by atoms with Crippen molar-refractivity contribution in [1.82, 2.24) is 5.01 Å². The molecule has 1 rings (SSSR count). The highest BCUT2D eigenvalue weighted by molar-refractivity contribution is 5.56. The van der Waals surface area contributed by atoms with Crippen LogP contribution in [0, 0.1) is 0 Å². The molecule has 0 saturated heterocycles. The number of phenols is 1. The van der Waals surface area contributed by atoms with Gasteiger partial charge in [-0.3, -0.25) is 5.01 Å². The first-order valence-corrected chi connectivity index (χ1v) is 8.05. The van der Waals surface area contributed by atoms with E-state index in [0.29, 0.717) is 5.75 Å². The molecule has 1 aromatic rings. The first-order valence-electron chi connectivity index (χ1n) is 8.05. The van der Waals surface area contributed by atoms with Crippen LogP contribution in [-0.2, 0) is 10.8 Å². The number of phenolic OH excluding ortho intramolecular Hbond substituents is 1. The molecule has 0 unspecified atom stereocenters. The van der Waals surface area contributed by atoms with E-state index < -0.39 is 0 Å². The van der Waals surface area contributed by atoms with E-state index in [2.05, 4.69) is 65.7 Å². The Morgan fingerprint density at radius 1 is 0.909 bits per heavy atom. The maximum atomic E-state index is 10.7. The molecule has 0 heterocycles. The van der Waals surface area contributed by atoms with Crippen molar-refractivity contribution in [3.63, 3.8) is 0 Å². The highest BCUT2D eigenvalue weighted by atomic mass is 16.3. The second-order valence-electron chi connectivity index (χ2n) is 7.72. The van der Waals surface area contributed by atoms with Crippen molar-refractivity contribution in [2.45, 2.75) is 66.2 Å². The highest BCUT2D eigenvalue weighted by Crippen LogP contribution is 2.41. The first-order chi connectivity index (χ1) is 10.0. The monoisotopic (exact) mass is 305 g/mol. The van der Waals surface area contributed by atoms with E-state index in [1.165, 1.54) is 0 Å². The zero-order valence-electron chi connectivity index (χ0n) is 15.4. The topological polar surface area (TPSA) is 48.2 Å². The minimum atomic E-state index is -0.148. The first kappa shape index (κ1) is 18.5. The van der Waals surface area contributed by atoms with Gasteiger partial charge >= 0.3 is 0 Å². The molecule has 0 aliphatic heterocycles. The van der Waals surface area contributed by atoms with Crippen molar-refractivity contribution in [1.29, 1.82) is 0 Å². The highest BCUT2D eigenvalue weighted by Gasteiger charge is 2.26. The molecular formula is C18H31N3O. The average molecular weight is 305 g/mol. The Bertz CT molecular complexity index is 497. The van der Waals surface area contributed by atoms with Crippen molar-refractivity contribution in [2.75, 3.05) is 13.1 Å². The van der Waals surface area contributed by atoms with Crippen LogP contribution >= 0.6 is 0 Å². The van der Waals surface area contributed by atoms with Gasteiger partial charge in [0.2, 0.25) is 0 Å². The molecule has 0 atom stereocenters. The SMILES string of the molecule is CCN(CC)N=Nc1cc(C(C)(C)C)c(O)c(C(C)(C)C)c1. The van der Waals surface area contributed by atoms with Crippen molar-refractivity contribution in [3.05, 3.63) is 23.3 Å². The van der Waals surface area contributed by atoms with Crippen LogP contribution < -0.4 is 0 Å². The van der Waals surface area contributed by atoms with E-state index in [0.717, 1.165) is 29.9 Å². The Balaban J connectivity index is 3.42. The van der Waals surface area contributed by atoms with E-state index in [1.807, 2.05) is 17.1 Å². The molecule has 22 heavy (non-hydrogen) atoms. The summed E-state index contributed by atoms with van der Waals surface area (Å²) in [6.07, 6.45) is 0. The Kier molecular flexibility index (Phi) is 5.60. The van der Waals surface area contributed by atoms with Crippen LogP contribution in [0.5, 0.6) is 5.75 Å². The lowest BCUT2D eigenvalue weighted by atomic mass is 9.79. The number of hydrogen-bond acceptors (Lipinski definition) is 3. The number of nitrogens with zero attached hydrogens (tertiary/aromatic N) is 3. The van der Waals surface area contributed by atoms with Gasteiger partial charge in [-0.2, -0.15) is 0 Å². The van der Waals surface area contributed by atoms with Gasteiger partial charge in [-0.25, -0.2) is 0 Å². The van der Waals surface area contributed by atoms with Crippen LogP contribution in [-0.4, -0.2) is 23.2 Å². The maximum Gasteiger partial charge on any atom is 0.123 e. The molecule has 1 N–H and O–H groups in total. The number of hydrogen-bond donors (Lipinski definition) is 1. The summed E-state index contributed by atoms with van der Waals surface area (Å²) in [6, 6.07) is 3.88. The zero-order valence-corrected chi connectivity index (χ0v) is 15.4. The Morgan fingerprint density at radius 2 is 1.32 bits per heavy atom. The van der Waals surface area contributed by atoms with Gasteiger partial charge in [0.25, 0.3) is 0 Å². The molecule has 4 heteroatoms. The van der Waals surface area contributed by atoms with Crippen LogP contribution in [0.1, 0.15) is 66.5 Å². The van der Waals surface area contributed by atoms with Crippen LogP contribution in [0.3, 0.4) is 0 Å². The Labute approximate surface area is 135 Å². The molecule has 0 aliphatic carbocycles. The van der Waals surface area contributed by atoms with Crippen molar-refractivity contribution in [3.8, 4) is 5.75 Å². The molecule has 0 fully saturated rings.